The fourth-order valence-electron chi connectivity index (χ4n) is 2.69. The van der Waals surface area contributed by atoms with Gasteiger partial charge in [0.2, 0.25) is 11.8 Å². The Morgan fingerprint density at radius 3 is 2.68 bits per heavy atom. The zero-order valence-electron chi connectivity index (χ0n) is 13.8. The number of benzene rings is 1. The van der Waals surface area contributed by atoms with Crippen LogP contribution in [0.2, 0.25) is 5.15 Å². The van der Waals surface area contributed by atoms with E-state index in [1.54, 1.807) is 30.2 Å². The third kappa shape index (κ3) is 4.09. The molecular formula is C18H19ClN4O2. The third-order valence-corrected chi connectivity index (χ3v) is 4.35. The van der Waals surface area contributed by atoms with Crippen LogP contribution in [0.4, 0.5) is 17.1 Å². The largest absolute Gasteiger partial charge is 0.374 e. The van der Waals surface area contributed by atoms with Crippen molar-refractivity contribution < 1.29 is 9.59 Å². The van der Waals surface area contributed by atoms with E-state index in [4.69, 9.17) is 11.6 Å². The van der Waals surface area contributed by atoms with Gasteiger partial charge in [-0.2, -0.15) is 0 Å². The maximum absolute atomic E-state index is 12.3. The fraction of sp³-hybridized carbons (Fsp3) is 0.278. The van der Waals surface area contributed by atoms with Crippen LogP contribution in [-0.4, -0.2) is 29.4 Å². The van der Waals surface area contributed by atoms with E-state index in [0.29, 0.717) is 12.1 Å². The molecule has 1 aromatic heterocycles. The van der Waals surface area contributed by atoms with Crippen molar-refractivity contribution in [2.45, 2.75) is 25.8 Å². The summed E-state index contributed by atoms with van der Waals surface area (Å²) in [6.45, 7) is 2.52. The molecule has 2 N–H and O–H groups in total. The molecule has 1 saturated heterocycles. The number of anilines is 3. The van der Waals surface area contributed by atoms with Crippen molar-refractivity contribution in [3.63, 3.8) is 0 Å². The van der Waals surface area contributed by atoms with Crippen LogP contribution >= 0.6 is 11.6 Å². The molecule has 7 heteroatoms. The van der Waals surface area contributed by atoms with Crippen molar-refractivity contribution in [3.8, 4) is 0 Å². The summed E-state index contributed by atoms with van der Waals surface area (Å²) in [6.07, 6.45) is 3.06. The minimum absolute atomic E-state index is 0.154. The molecule has 130 valence electrons. The van der Waals surface area contributed by atoms with Gasteiger partial charge in [0.05, 0.1) is 5.69 Å². The van der Waals surface area contributed by atoms with Gasteiger partial charge in [-0.15, -0.1) is 0 Å². The smallest absolute Gasteiger partial charge is 0.246 e. The lowest BCUT2D eigenvalue weighted by Gasteiger charge is -2.18. The van der Waals surface area contributed by atoms with Crippen LogP contribution in [0.1, 0.15) is 19.8 Å². The van der Waals surface area contributed by atoms with Crippen LogP contribution in [0.25, 0.3) is 0 Å². The highest BCUT2D eigenvalue weighted by Crippen LogP contribution is 2.23. The highest BCUT2D eigenvalue weighted by molar-refractivity contribution is 6.32. The quantitative estimate of drug-likeness (QED) is 0.804. The Morgan fingerprint density at radius 2 is 2.04 bits per heavy atom. The van der Waals surface area contributed by atoms with Crippen LogP contribution in [-0.2, 0) is 9.59 Å². The van der Waals surface area contributed by atoms with Crippen LogP contribution in [0.5, 0.6) is 0 Å². The van der Waals surface area contributed by atoms with E-state index in [9.17, 15) is 9.59 Å². The number of amides is 2. The molecule has 0 spiro atoms. The van der Waals surface area contributed by atoms with Crippen molar-refractivity contribution in [2.24, 2.45) is 0 Å². The van der Waals surface area contributed by atoms with E-state index < -0.39 is 6.04 Å². The van der Waals surface area contributed by atoms with Gasteiger partial charge in [0, 0.05) is 30.5 Å². The van der Waals surface area contributed by atoms with Gasteiger partial charge in [-0.1, -0.05) is 11.6 Å². The molecule has 25 heavy (non-hydrogen) atoms. The predicted octanol–water partition coefficient (Wildman–Crippen LogP) is 3.30. The Labute approximate surface area is 151 Å². The van der Waals surface area contributed by atoms with E-state index in [0.717, 1.165) is 24.3 Å². The lowest BCUT2D eigenvalue weighted by Crippen LogP contribution is -2.32. The maximum atomic E-state index is 12.3. The second-order valence-electron chi connectivity index (χ2n) is 5.89. The minimum atomic E-state index is -0.462. The first kappa shape index (κ1) is 17.2. The lowest BCUT2D eigenvalue weighted by atomic mass is 10.2. The molecule has 1 aromatic carbocycles. The number of nitrogens with one attached hydrogen (secondary N) is 2. The molecule has 1 atom stereocenters. The lowest BCUT2D eigenvalue weighted by molar-refractivity contribution is -0.117. The summed E-state index contributed by atoms with van der Waals surface area (Å²) in [5, 5.41) is 6.13. The van der Waals surface area contributed by atoms with Crippen molar-refractivity contribution in [1.29, 1.82) is 0 Å². The second-order valence-corrected chi connectivity index (χ2v) is 6.25. The van der Waals surface area contributed by atoms with Gasteiger partial charge in [-0.25, -0.2) is 4.98 Å². The summed E-state index contributed by atoms with van der Waals surface area (Å²) in [6, 6.07) is 10.4. The number of carbonyl (C=O) groups is 2. The number of nitrogens with zero attached hydrogens (tertiary/aromatic N) is 2. The van der Waals surface area contributed by atoms with Crippen molar-refractivity contribution in [3.05, 3.63) is 47.7 Å². The number of halogens is 1. The van der Waals surface area contributed by atoms with E-state index in [2.05, 4.69) is 15.6 Å². The first-order valence-electron chi connectivity index (χ1n) is 8.13. The highest BCUT2D eigenvalue weighted by Gasteiger charge is 2.21. The first-order chi connectivity index (χ1) is 12.0. The molecule has 1 unspecified atom stereocenters. The van der Waals surface area contributed by atoms with E-state index in [1.165, 1.54) is 0 Å². The van der Waals surface area contributed by atoms with Gasteiger partial charge >= 0.3 is 0 Å². The Bertz CT molecular complexity index is 779. The van der Waals surface area contributed by atoms with E-state index >= 15 is 0 Å². The molecule has 2 aromatic rings. The molecule has 0 bridgehead atoms. The number of pyridine rings is 1. The Kier molecular flexibility index (Phi) is 5.19. The summed E-state index contributed by atoms with van der Waals surface area (Å²) >= 11 is 5.95. The number of hydrogen-bond acceptors (Lipinski definition) is 4. The average molecular weight is 359 g/mol. The zero-order chi connectivity index (χ0) is 17.8. The highest BCUT2D eigenvalue weighted by atomic mass is 35.5. The predicted molar refractivity (Wildman–Crippen MR) is 99.0 cm³/mol. The van der Waals surface area contributed by atoms with Crippen molar-refractivity contribution in [2.75, 3.05) is 22.1 Å². The number of aromatic nitrogens is 1. The topological polar surface area (TPSA) is 74.3 Å². The monoisotopic (exact) mass is 358 g/mol. The summed E-state index contributed by atoms with van der Waals surface area (Å²) in [7, 11) is 0. The Morgan fingerprint density at radius 1 is 1.28 bits per heavy atom. The van der Waals surface area contributed by atoms with Crippen LogP contribution < -0.4 is 15.5 Å². The second kappa shape index (κ2) is 7.53. The average Bonchev–Trinajstić information content (AvgIpc) is 3.03. The summed E-state index contributed by atoms with van der Waals surface area (Å²) in [5.74, 6) is -0.0597. The number of hydrogen-bond donors (Lipinski definition) is 2. The van der Waals surface area contributed by atoms with Crippen LogP contribution in [0.15, 0.2) is 42.6 Å². The standard InChI is InChI=1S/C18H19ClN4O2/c1-12(18(25)22-15-4-2-10-20-17(15)19)21-13-6-8-14(9-7-13)23-11-3-5-16(23)24/h2,4,6-10,12,21H,3,5,11H2,1H3,(H,22,25). The van der Waals surface area contributed by atoms with E-state index in [-0.39, 0.29) is 17.0 Å². The third-order valence-electron chi connectivity index (χ3n) is 4.05. The fourth-order valence-corrected chi connectivity index (χ4v) is 2.86. The normalized spacial score (nSPS) is 15.1. The van der Waals surface area contributed by atoms with Gasteiger partial charge in [0.25, 0.3) is 0 Å². The Hall–Kier alpha value is -2.60. The molecule has 3 rings (SSSR count). The SMILES string of the molecule is CC(Nc1ccc(N2CCCC2=O)cc1)C(=O)Nc1cccnc1Cl. The molecule has 0 aliphatic carbocycles. The molecule has 0 radical (unpaired) electrons. The van der Waals surface area contributed by atoms with Crippen LogP contribution in [0.3, 0.4) is 0 Å². The van der Waals surface area contributed by atoms with Gasteiger partial charge in [-0.3, -0.25) is 9.59 Å². The van der Waals surface area contributed by atoms with Crippen molar-refractivity contribution >= 4 is 40.5 Å². The molecule has 0 saturated carbocycles. The minimum Gasteiger partial charge on any atom is -0.374 e. The first-order valence-corrected chi connectivity index (χ1v) is 8.51. The summed E-state index contributed by atoms with van der Waals surface area (Å²) in [5.41, 5.74) is 2.16. The Balaban J connectivity index is 1.60. The van der Waals surface area contributed by atoms with Gasteiger partial charge < -0.3 is 15.5 Å². The molecule has 1 aliphatic rings. The van der Waals surface area contributed by atoms with Crippen molar-refractivity contribution in [1.82, 2.24) is 4.98 Å². The maximum Gasteiger partial charge on any atom is 0.246 e. The summed E-state index contributed by atoms with van der Waals surface area (Å²) < 4.78 is 0. The zero-order valence-corrected chi connectivity index (χ0v) is 14.6. The molecule has 2 heterocycles. The summed E-state index contributed by atoms with van der Waals surface area (Å²) in [4.78, 5) is 29.8. The molecular weight excluding hydrogens is 340 g/mol. The van der Waals surface area contributed by atoms with Gasteiger partial charge in [0.15, 0.2) is 5.15 Å². The molecule has 1 aliphatic heterocycles. The molecule has 1 fully saturated rings. The van der Waals surface area contributed by atoms with Gasteiger partial charge in [-0.05, 0) is 49.7 Å². The van der Waals surface area contributed by atoms with E-state index in [1.807, 2.05) is 24.3 Å². The number of rotatable bonds is 5. The number of carbonyl (C=O) groups excluding carboxylic acids is 2. The van der Waals surface area contributed by atoms with Crippen LogP contribution in [0, 0.1) is 0 Å². The molecule has 2 amide bonds. The molecule has 6 nitrogen and oxygen atoms in total. The van der Waals surface area contributed by atoms with Gasteiger partial charge in [0.1, 0.15) is 6.04 Å².